The number of halogens is 1. The van der Waals surface area contributed by atoms with Gasteiger partial charge in [-0.1, -0.05) is 26.0 Å². The zero-order valence-corrected chi connectivity index (χ0v) is 17.1. The molecule has 1 atom stereocenters. The lowest BCUT2D eigenvalue weighted by molar-refractivity contribution is 0.279. The Morgan fingerprint density at radius 3 is 2.55 bits per heavy atom. The largest absolute Gasteiger partial charge is 0.355 e. The van der Waals surface area contributed by atoms with Crippen LogP contribution in [-0.2, 0) is 0 Å². The highest BCUT2D eigenvalue weighted by Gasteiger charge is 2.29. The molecule has 2 saturated heterocycles. The average Bonchev–Trinajstić information content (AvgIpc) is 3.35. The Balaban J connectivity index is 1.40. The molecular weight excluding hydrogens is 365 g/mol. The van der Waals surface area contributed by atoms with Gasteiger partial charge in [0.1, 0.15) is 17.8 Å². The quantitative estimate of drug-likeness (QED) is 0.651. The highest BCUT2D eigenvalue weighted by atomic mass is 19.1. The molecule has 151 valence electrons. The summed E-state index contributed by atoms with van der Waals surface area (Å²) in [5.74, 6) is 1.62. The van der Waals surface area contributed by atoms with Crippen LogP contribution in [0.2, 0.25) is 0 Å². The molecule has 0 amide bonds. The summed E-state index contributed by atoms with van der Waals surface area (Å²) in [6.45, 7) is 7.64. The summed E-state index contributed by atoms with van der Waals surface area (Å²) >= 11 is 0. The molecule has 0 aliphatic carbocycles. The minimum atomic E-state index is -0.195. The van der Waals surface area contributed by atoms with Gasteiger partial charge in [-0.15, -0.1) is 5.10 Å². The summed E-state index contributed by atoms with van der Waals surface area (Å²) in [6, 6.07) is 11.1. The Labute approximate surface area is 171 Å². The van der Waals surface area contributed by atoms with Crippen molar-refractivity contribution >= 4 is 17.3 Å². The molecule has 2 aliphatic rings. The topological polar surface area (TPSA) is 36.7 Å². The van der Waals surface area contributed by atoms with E-state index in [1.165, 1.54) is 25.0 Å². The van der Waals surface area contributed by atoms with E-state index in [1.54, 1.807) is 4.52 Å². The van der Waals surface area contributed by atoms with Gasteiger partial charge >= 0.3 is 0 Å². The number of fused-ring (bicyclic) bond motifs is 1. The minimum Gasteiger partial charge on any atom is -0.355 e. The Morgan fingerprint density at radius 1 is 1.03 bits per heavy atom. The van der Waals surface area contributed by atoms with Crippen molar-refractivity contribution in [1.29, 1.82) is 0 Å². The zero-order chi connectivity index (χ0) is 20.0. The molecule has 0 spiro atoms. The molecule has 0 saturated carbocycles. The predicted octanol–water partition coefficient (Wildman–Crippen LogP) is 4.64. The van der Waals surface area contributed by atoms with Gasteiger partial charge < -0.3 is 9.80 Å². The summed E-state index contributed by atoms with van der Waals surface area (Å²) in [4.78, 5) is 9.37. The van der Waals surface area contributed by atoms with Crippen LogP contribution in [0.1, 0.15) is 51.1 Å². The van der Waals surface area contributed by atoms with Crippen molar-refractivity contribution in [3.63, 3.8) is 0 Å². The normalized spacial score (nSPS) is 21.8. The van der Waals surface area contributed by atoms with Crippen LogP contribution in [0, 0.1) is 17.4 Å². The standard InChI is InChI=1S/C23H27FN5/c1-23(2)11-14-27(15-12-23)22-16-29-20(25-22)9-10-21(26-29)28-13-3-4-19(28)17-5-7-18(24)8-6-17/h5-10,19H,3-4,11-15H2,1-2H3/t19-/m1/s1. The maximum Gasteiger partial charge on any atom is 0.159 e. The van der Waals surface area contributed by atoms with Crippen molar-refractivity contribution in [2.24, 2.45) is 5.41 Å². The molecule has 2 aromatic heterocycles. The Morgan fingerprint density at radius 2 is 1.79 bits per heavy atom. The van der Waals surface area contributed by atoms with Crippen LogP contribution in [0.25, 0.3) is 5.65 Å². The van der Waals surface area contributed by atoms with E-state index in [4.69, 9.17) is 10.1 Å². The molecule has 0 bridgehead atoms. The van der Waals surface area contributed by atoms with E-state index >= 15 is 0 Å². The monoisotopic (exact) mass is 392 g/mol. The smallest absolute Gasteiger partial charge is 0.159 e. The SMILES string of the molecule is CC1(C)CCN(c2[c]n3nc(N4CCC[C@@H]4c4ccc(F)cc4)ccc3n2)CC1. The van der Waals surface area contributed by atoms with E-state index in [1.807, 2.05) is 24.3 Å². The van der Waals surface area contributed by atoms with Crippen LogP contribution < -0.4 is 9.80 Å². The minimum absolute atomic E-state index is 0.195. The van der Waals surface area contributed by atoms with Gasteiger partial charge in [0.15, 0.2) is 11.5 Å². The third kappa shape index (κ3) is 3.56. The molecule has 29 heavy (non-hydrogen) atoms. The van der Waals surface area contributed by atoms with E-state index in [2.05, 4.69) is 29.8 Å². The van der Waals surface area contributed by atoms with Gasteiger partial charge in [-0.2, -0.15) is 0 Å². The van der Waals surface area contributed by atoms with E-state index in [9.17, 15) is 4.39 Å². The summed E-state index contributed by atoms with van der Waals surface area (Å²) < 4.78 is 15.1. The molecule has 2 aliphatic heterocycles. The van der Waals surface area contributed by atoms with E-state index < -0.39 is 0 Å². The number of hydrogen-bond donors (Lipinski definition) is 0. The van der Waals surface area contributed by atoms with Crippen molar-refractivity contribution in [2.45, 2.75) is 45.6 Å². The number of piperidine rings is 1. The third-order valence-electron chi connectivity index (χ3n) is 6.45. The second-order valence-electron chi connectivity index (χ2n) is 9.06. The average molecular weight is 393 g/mol. The van der Waals surface area contributed by atoms with Crippen molar-refractivity contribution in [1.82, 2.24) is 14.6 Å². The summed E-state index contributed by atoms with van der Waals surface area (Å²) in [7, 11) is 0. The second-order valence-corrected chi connectivity index (χ2v) is 9.06. The summed E-state index contributed by atoms with van der Waals surface area (Å²) in [5.41, 5.74) is 2.37. The molecule has 6 heteroatoms. The molecule has 0 unspecified atom stereocenters. The van der Waals surface area contributed by atoms with Gasteiger partial charge in [-0.25, -0.2) is 13.9 Å². The van der Waals surface area contributed by atoms with Crippen LogP contribution in [-0.4, -0.2) is 34.2 Å². The lowest BCUT2D eigenvalue weighted by Gasteiger charge is -2.36. The van der Waals surface area contributed by atoms with Gasteiger partial charge in [0.2, 0.25) is 0 Å². The van der Waals surface area contributed by atoms with Crippen LogP contribution in [0.4, 0.5) is 16.0 Å². The first-order valence-electron chi connectivity index (χ1n) is 10.5. The molecule has 5 nitrogen and oxygen atoms in total. The fourth-order valence-electron chi connectivity index (χ4n) is 4.49. The van der Waals surface area contributed by atoms with Gasteiger partial charge in [0.25, 0.3) is 0 Å². The predicted molar refractivity (Wildman–Crippen MR) is 113 cm³/mol. The lowest BCUT2D eigenvalue weighted by atomic mass is 9.83. The van der Waals surface area contributed by atoms with Crippen LogP contribution in [0.3, 0.4) is 0 Å². The highest BCUT2D eigenvalue weighted by molar-refractivity contribution is 5.53. The number of anilines is 2. The van der Waals surface area contributed by atoms with Crippen LogP contribution in [0.15, 0.2) is 36.4 Å². The molecule has 0 N–H and O–H groups in total. The molecule has 1 radical (unpaired) electrons. The summed E-state index contributed by atoms with van der Waals surface area (Å²) in [6.07, 6.45) is 7.85. The maximum absolute atomic E-state index is 13.3. The number of hydrogen-bond acceptors (Lipinski definition) is 4. The Bertz CT molecular complexity index is 1000. The second kappa shape index (κ2) is 7.01. The molecule has 1 aromatic carbocycles. The number of rotatable bonds is 3. The van der Waals surface area contributed by atoms with Crippen molar-refractivity contribution in [3.05, 3.63) is 54.0 Å². The van der Waals surface area contributed by atoms with Crippen molar-refractivity contribution in [3.8, 4) is 0 Å². The number of benzene rings is 1. The fraction of sp³-hybridized carbons (Fsp3) is 0.478. The van der Waals surface area contributed by atoms with Crippen LogP contribution >= 0.6 is 0 Å². The molecule has 4 heterocycles. The molecule has 2 fully saturated rings. The summed E-state index contributed by atoms with van der Waals surface area (Å²) in [5, 5.41) is 4.82. The molecule has 5 rings (SSSR count). The zero-order valence-electron chi connectivity index (χ0n) is 17.1. The third-order valence-corrected chi connectivity index (χ3v) is 6.45. The van der Waals surface area contributed by atoms with Gasteiger partial charge in [0, 0.05) is 19.6 Å². The molecule has 3 aromatic rings. The van der Waals surface area contributed by atoms with Gasteiger partial charge in [-0.05, 0) is 60.9 Å². The lowest BCUT2D eigenvalue weighted by Crippen LogP contribution is -2.37. The first-order valence-corrected chi connectivity index (χ1v) is 10.5. The van der Waals surface area contributed by atoms with Gasteiger partial charge in [-0.3, -0.25) is 0 Å². The van der Waals surface area contributed by atoms with Gasteiger partial charge in [0.05, 0.1) is 6.04 Å². The Hall–Kier alpha value is -2.63. The van der Waals surface area contributed by atoms with Crippen molar-refractivity contribution < 1.29 is 4.39 Å². The number of imidazole rings is 1. The van der Waals surface area contributed by atoms with E-state index in [0.29, 0.717) is 5.41 Å². The van der Waals surface area contributed by atoms with E-state index in [0.717, 1.165) is 55.3 Å². The molecular formula is C23H27FN5. The van der Waals surface area contributed by atoms with Crippen molar-refractivity contribution in [2.75, 3.05) is 29.4 Å². The highest BCUT2D eigenvalue weighted by Crippen LogP contribution is 2.36. The number of nitrogens with zero attached hydrogens (tertiary/aromatic N) is 5. The Kier molecular flexibility index (Phi) is 4.45. The fourth-order valence-corrected chi connectivity index (χ4v) is 4.49. The number of aromatic nitrogens is 3. The van der Waals surface area contributed by atoms with Crippen LogP contribution in [0.5, 0.6) is 0 Å². The first kappa shape index (κ1) is 18.4. The maximum atomic E-state index is 13.3. The van der Waals surface area contributed by atoms with E-state index in [-0.39, 0.29) is 11.9 Å². The first-order chi connectivity index (χ1) is 14.0.